The van der Waals surface area contributed by atoms with Crippen molar-refractivity contribution in [1.29, 1.82) is 5.26 Å². The molecular weight excluding hydrogens is 402 g/mol. The summed E-state index contributed by atoms with van der Waals surface area (Å²) in [6, 6.07) is 17.0. The number of ether oxygens (including phenoxy) is 2. The predicted octanol–water partition coefficient (Wildman–Crippen LogP) is 4.30. The fourth-order valence-corrected chi connectivity index (χ4v) is 4.13. The molecule has 1 amide bonds. The molecule has 2 saturated heterocycles. The lowest BCUT2D eigenvalue weighted by Crippen LogP contribution is -2.47. The number of nitrogens with one attached hydrogen (secondary N) is 1. The van der Waals surface area contributed by atoms with Crippen LogP contribution in [0.4, 0.5) is 4.79 Å². The van der Waals surface area contributed by atoms with E-state index in [2.05, 4.69) is 16.3 Å². The van der Waals surface area contributed by atoms with Crippen LogP contribution in [0, 0.1) is 11.3 Å². The van der Waals surface area contributed by atoms with Crippen molar-refractivity contribution in [1.82, 2.24) is 10.2 Å². The highest BCUT2D eigenvalue weighted by molar-refractivity contribution is 6.30. The molecule has 1 atom stereocenters. The van der Waals surface area contributed by atoms with Gasteiger partial charge >= 0.3 is 6.09 Å². The third kappa shape index (κ3) is 4.86. The Morgan fingerprint density at radius 1 is 1.17 bits per heavy atom. The molecule has 4 rings (SSSR count). The summed E-state index contributed by atoms with van der Waals surface area (Å²) in [6.07, 6.45) is 2.06. The van der Waals surface area contributed by atoms with E-state index in [-0.39, 0.29) is 17.8 Å². The second-order valence-corrected chi connectivity index (χ2v) is 8.29. The molecule has 2 heterocycles. The predicted molar refractivity (Wildman–Crippen MR) is 113 cm³/mol. The smallest absolute Gasteiger partial charge is 0.407 e. The lowest BCUT2D eigenvalue weighted by atomic mass is 9.91. The second-order valence-electron chi connectivity index (χ2n) is 7.85. The molecule has 1 N–H and O–H groups in total. The normalized spacial score (nSPS) is 19.0. The zero-order valence-corrected chi connectivity index (χ0v) is 17.4. The van der Waals surface area contributed by atoms with Gasteiger partial charge in [-0.2, -0.15) is 5.26 Å². The third-order valence-electron chi connectivity index (χ3n) is 5.84. The average Bonchev–Trinajstić information content (AvgIpc) is 3.13. The second kappa shape index (κ2) is 8.95. The number of hydrogen-bond acceptors (Lipinski definition) is 5. The van der Waals surface area contributed by atoms with Crippen molar-refractivity contribution in [3.63, 3.8) is 0 Å². The van der Waals surface area contributed by atoms with Crippen LogP contribution in [0.15, 0.2) is 48.5 Å². The molecule has 0 aromatic heterocycles. The van der Waals surface area contributed by atoms with E-state index in [4.69, 9.17) is 26.3 Å². The first-order valence-corrected chi connectivity index (χ1v) is 10.5. The van der Waals surface area contributed by atoms with Crippen LogP contribution in [0.1, 0.15) is 36.5 Å². The van der Waals surface area contributed by atoms with Crippen LogP contribution in [-0.2, 0) is 4.74 Å². The van der Waals surface area contributed by atoms with E-state index in [1.165, 1.54) is 0 Å². The highest BCUT2D eigenvalue weighted by Gasteiger charge is 2.42. The van der Waals surface area contributed by atoms with E-state index in [1.54, 1.807) is 12.1 Å². The van der Waals surface area contributed by atoms with Crippen molar-refractivity contribution in [2.45, 2.75) is 31.0 Å². The van der Waals surface area contributed by atoms with Gasteiger partial charge in [0.25, 0.3) is 0 Å². The van der Waals surface area contributed by atoms with Gasteiger partial charge in [-0.1, -0.05) is 23.7 Å². The number of amides is 1. The number of alkyl carbamates (subject to hydrolysis) is 1. The maximum Gasteiger partial charge on any atom is 0.407 e. The average molecular weight is 426 g/mol. The topological polar surface area (TPSA) is 74.6 Å². The highest BCUT2D eigenvalue weighted by Crippen LogP contribution is 2.31. The molecule has 2 fully saturated rings. The Hall–Kier alpha value is -2.75. The molecule has 1 spiro atoms. The number of carbonyl (C=O) groups is 1. The summed E-state index contributed by atoms with van der Waals surface area (Å²) in [5.74, 6) is 0.732. The van der Waals surface area contributed by atoms with Gasteiger partial charge in [0.1, 0.15) is 17.5 Å². The molecular formula is C23H24ClN3O3. The third-order valence-corrected chi connectivity index (χ3v) is 6.09. The highest BCUT2D eigenvalue weighted by atomic mass is 35.5. The van der Waals surface area contributed by atoms with E-state index in [9.17, 15) is 4.79 Å². The first-order chi connectivity index (χ1) is 14.5. The van der Waals surface area contributed by atoms with Crippen molar-refractivity contribution in [3.05, 3.63) is 64.7 Å². The largest absolute Gasteiger partial charge is 0.486 e. The number of rotatable bonds is 6. The van der Waals surface area contributed by atoms with Crippen LogP contribution in [-0.4, -0.2) is 42.8 Å². The molecule has 2 aliphatic rings. The van der Waals surface area contributed by atoms with E-state index in [0.29, 0.717) is 17.1 Å². The number of nitriles is 1. The number of benzene rings is 2. The Balaban J connectivity index is 1.39. The number of piperidine rings is 1. The van der Waals surface area contributed by atoms with Crippen LogP contribution in [0.2, 0.25) is 5.02 Å². The maximum atomic E-state index is 11.4. The van der Waals surface area contributed by atoms with Crippen LogP contribution < -0.4 is 10.1 Å². The minimum absolute atomic E-state index is 0.128. The Labute approximate surface area is 181 Å². The molecule has 0 aliphatic carbocycles. The van der Waals surface area contributed by atoms with Crippen molar-refractivity contribution in [2.75, 3.05) is 26.2 Å². The Morgan fingerprint density at radius 3 is 2.47 bits per heavy atom. The Kier molecular flexibility index (Phi) is 6.12. The van der Waals surface area contributed by atoms with E-state index in [0.717, 1.165) is 50.2 Å². The summed E-state index contributed by atoms with van der Waals surface area (Å²) in [4.78, 5) is 13.8. The summed E-state index contributed by atoms with van der Waals surface area (Å²) in [5.41, 5.74) is 1.34. The van der Waals surface area contributed by atoms with Gasteiger partial charge in [-0.25, -0.2) is 4.79 Å². The fourth-order valence-electron chi connectivity index (χ4n) is 4.01. The number of halogens is 1. The summed E-state index contributed by atoms with van der Waals surface area (Å²) < 4.78 is 11.8. The maximum absolute atomic E-state index is 11.4. The zero-order valence-electron chi connectivity index (χ0n) is 16.6. The minimum atomic E-state index is -0.331. The SMILES string of the molecule is N#Cc1ccc(O[C@@H](CCN2CCC3(CC2)CNC(=O)O3)c2ccc(Cl)cc2)cc1. The molecule has 30 heavy (non-hydrogen) atoms. The van der Waals surface area contributed by atoms with Crippen molar-refractivity contribution in [3.8, 4) is 11.8 Å². The molecule has 6 nitrogen and oxygen atoms in total. The molecule has 7 heteroatoms. The summed E-state index contributed by atoms with van der Waals surface area (Å²) in [5, 5.41) is 12.5. The molecule has 2 aromatic carbocycles. The van der Waals surface area contributed by atoms with Crippen molar-refractivity contribution >= 4 is 17.7 Å². The van der Waals surface area contributed by atoms with Gasteiger partial charge in [0.2, 0.25) is 0 Å². The number of nitrogens with zero attached hydrogens (tertiary/aromatic N) is 2. The number of likely N-dealkylation sites (tertiary alicyclic amines) is 1. The molecule has 2 aliphatic heterocycles. The quantitative estimate of drug-likeness (QED) is 0.747. The summed E-state index contributed by atoms with van der Waals surface area (Å²) in [6.45, 7) is 3.26. The molecule has 0 bridgehead atoms. The lowest BCUT2D eigenvalue weighted by Gasteiger charge is -2.37. The lowest BCUT2D eigenvalue weighted by molar-refractivity contribution is -0.00139. The fraction of sp³-hybridized carbons (Fsp3) is 0.391. The monoisotopic (exact) mass is 425 g/mol. The Morgan fingerprint density at radius 2 is 1.87 bits per heavy atom. The number of hydrogen-bond donors (Lipinski definition) is 1. The van der Waals surface area contributed by atoms with Gasteiger partial charge in [-0.05, 0) is 42.0 Å². The first-order valence-electron chi connectivity index (χ1n) is 10.2. The van der Waals surface area contributed by atoms with Crippen molar-refractivity contribution < 1.29 is 14.3 Å². The molecule has 0 radical (unpaired) electrons. The van der Waals surface area contributed by atoms with Crippen LogP contribution >= 0.6 is 11.6 Å². The van der Waals surface area contributed by atoms with Crippen molar-refractivity contribution in [2.24, 2.45) is 0 Å². The zero-order chi connectivity index (χ0) is 21.0. The van der Waals surface area contributed by atoms with Gasteiger partial charge in [0.15, 0.2) is 0 Å². The first kappa shape index (κ1) is 20.5. The standard InChI is InChI=1S/C23H24ClN3O3/c24-19-5-3-18(4-6-19)21(29-20-7-1-17(15-25)2-8-20)9-12-27-13-10-23(11-14-27)16-26-22(28)30-23/h1-8,21H,9-14,16H2,(H,26,28)/t21-/m0/s1. The van der Waals surface area contributed by atoms with E-state index >= 15 is 0 Å². The van der Waals surface area contributed by atoms with Gasteiger partial charge in [0.05, 0.1) is 18.2 Å². The van der Waals surface area contributed by atoms with E-state index in [1.807, 2.05) is 36.4 Å². The van der Waals surface area contributed by atoms with Crippen LogP contribution in [0.3, 0.4) is 0 Å². The van der Waals surface area contributed by atoms with Crippen LogP contribution in [0.25, 0.3) is 0 Å². The molecule has 2 aromatic rings. The van der Waals surface area contributed by atoms with Gasteiger partial charge in [-0.15, -0.1) is 0 Å². The molecule has 0 saturated carbocycles. The van der Waals surface area contributed by atoms with Gasteiger partial charge in [-0.3, -0.25) is 0 Å². The minimum Gasteiger partial charge on any atom is -0.486 e. The van der Waals surface area contributed by atoms with E-state index < -0.39 is 0 Å². The molecule has 0 unspecified atom stereocenters. The van der Waals surface area contributed by atoms with Crippen LogP contribution in [0.5, 0.6) is 5.75 Å². The summed E-state index contributed by atoms with van der Waals surface area (Å²) in [7, 11) is 0. The van der Waals surface area contributed by atoms with Gasteiger partial charge < -0.3 is 19.7 Å². The molecule has 156 valence electrons. The Bertz CT molecular complexity index is 916. The summed E-state index contributed by atoms with van der Waals surface area (Å²) >= 11 is 6.06. The number of carbonyl (C=O) groups excluding carboxylic acids is 1. The van der Waals surface area contributed by atoms with Gasteiger partial charge in [0, 0.05) is 43.9 Å².